The number of nitrogens with one attached hydrogen (secondary N) is 1. The SMILES string of the molecule is Cc1c(CN(Cc2cccnc2)C[C@@H]2CCNC2)cnn1C. The van der Waals surface area contributed by atoms with Crippen molar-refractivity contribution in [1.29, 1.82) is 0 Å². The third-order valence-electron chi connectivity index (χ3n) is 4.54. The summed E-state index contributed by atoms with van der Waals surface area (Å²) in [5.41, 5.74) is 3.84. The van der Waals surface area contributed by atoms with E-state index in [1.807, 2.05) is 36.4 Å². The van der Waals surface area contributed by atoms with Gasteiger partial charge in [-0.15, -0.1) is 0 Å². The number of pyridine rings is 1. The van der Waals surface area contributed by atoms with E-state index in [9.17, 15) is 0 Å². The van der Waals surface area contributed by atoms with Gasteiger partial charge in [-0.3, -0.25) is 14.6 Å². The molecule has 1 fully saturated rings. The molecule has 0 unspecified atom stereocenters. The van der Waals surface area contributed by atoms with Crippen LogP contribution < -0.4 is 5.32 Å². The molecule has 118 valence electrons. The standard InChI is InChI=1S/C17H25N5/c1-14-17(10-20-21(14)2)13-22(12-16-5-7-19-9-16)11-15-4-3-6-18-8-15/h3-4,6,8,10,16,19H,5,7,9,11-13H2,1-2H3/t16-/m1/s1. The predicted octanol–water partition coefficient (Wildman–Crippen LogP) is 1.74. The Morgan fingerprint density at radius 2 is 2.27 bits per heavy atom. The van der Waals surface area contributed by atoms with Crippen molar-refractivity contribution in [2.24, 2.45) is 13.0 Å². The lowest BCUT2D eigenvalue weighted by molar-refractivity contribution is 0.220. The lowest BCUT2D eigenvalue weighted by Crippen LogP contribution is -2.30. The maximum Gasteiger partial charge on any atom is 0.0537 e. The van der Waals surface area contributed by atoms with Gasteiger partial charge >= 0.3 is 0 Å². The second kappa shape index (κ2) is 7.03. The van der Waals surface area contributed by atoms with Gasteiger partial charge in [0.2, 0.25) is 0 Å². The van der Waals surface area contributed by atoms with Crippen molar-refractivity contribution in [2.45, 2.75) is 26.4 Å². The average Bonchev–Trinajstić information content (AvgIpc) is 3.14. The topological polar surface area (TPSA) is 46.0 Å². The van der Waals surface area contributed by atoms with Crippen LogP contribution in [0, 0.1) is 12.8 Å². The smallest absolute Gasteiger partial charge is 0.0537 e. The molecular formula is C17H25N5. The van der Waals surface area contributed by atoms with Gasteiger partial charge in [0.05, 0.1) is 6.20 Å². The Labute approximate surface area is 132 Å². The van der Waals surface area contributed by atoms with Gasteiger partial charge in [-0.1, -0.05) is 6.07 Å². The van der Waals surface area contributed by atoms with Crippen molar-refractivity contribution >= 4 is 0 Å². The Bertz CT molecular complexity index is 586. The number of hydrogen-bond acceptors (Lipinski definition) is 4. The van der Waals surface area contributed by atoms with E-state index in [4.69, 9.17) is 0 Å². The quantitative estimate of drug-likeness (QED) is 0.882. The van der Waals surface area contributed by atoms with Crippen molar-refractivity contribution in [2.75, 3.05) is 19.6 Å². The molecule has 2 aromatic rings. The first-order valence-electron chi connectivity index (χ1n) is 8.02. The monoisotopic (exact) mass is 299 g/mol. The fraction of sp³-hybridized carbons (Fsp3) is 0.529. The van der Waals surface area contributed by atoms with E-state index in [1.165, 1.54) is 23.2 Å². The van der Waals surface area contributed by atoms with Gasteiger partial charge in [0.25, 0.3) is 0 Å². The summed E-state index contributed by atoms with van der Waals surface area (Å²) >= 11 is 0. The van der Waals surface area contributed by atoms with Crippen LogP contribution in [0.3, 0.4) is 0 Å². The van der Waals surface area contributed by atoms with E-state index in [0.29, 0.717) is 0 Å². The summed E-state index contributed by atoms with van der Waals surface area (Å²) < 4.78 is 1.95. The highest BCUT2D eigenvalue weighted by Crippen LogP contribution is 2.17. The largest absolute Gasteiger partial charge is 0.316 e. The van der Waals surface area contributed by atoms with Gasteiger partial charge in [0.15, 0.2) is 0 Å². The molecule has 1 N–H and O–H groups in total. The first kappa shape index (κ1) is 15.2. The van der Waals surface area contributed by atoms with Gasteiger partial charge in [-0.05, 0) is 44.0 Å². The Morgan fingerprint density at radius 3 is 2.91 bits per heavy atom. The molecule has 2 aromatic heterocycles. The molecule has 0 saturated carbocycles. The van der Waals surface area contributed by atoms with Crippen molar-refractivity contribution in [1.82, 2.24) is 25.0 Å². The van der Waals surface area contributed by atoms with Crippen molar-refractivity contribution in [3.8, 4) is 0 Å². The van der Waals surface area contributed by atoms with Gasteiger partial charge < -0.3 is 5.32 Å². The third-order valence-corrected chi connectivity index (χ3v) is 4.54. The summed E-state index contributed by atoms with van der Waals surface area (Å²) in [4.78, 5) is 6.77. The minimum absolute atomic E-state index is 0.744. The Morgan fingerprint density at radius 1 is 1.36 bits per heavy atom. The van der Waals surface area contributed by atoms with Crippen molar-refractivity contribution in [3.05, 3.63) is 47.5 Å². The molecular weight excluding hydrogens is 274 g/mol. The summed E-state index contributed by atoms with van der Waals surface area (Å²) in [7, 11) is 2.01. The van der Waals surface area contributed by atoms with Crippen LogP contribution >= 0.6 is 0 Å². The van der Waals surface area contributed by atoms with E-state index in [2.05, 4.69) is 33.3 Å². The number of aromatic nitrogens is 3. The summed E-state index contributed by atoms with van der Waals surface area (Å²) in [5, 5.41) is 7.84. The molecule has 0 aromatic carbocycles. The first-order valence-corrected chi connectivity index (χ1v) is 8.02. The Hall–Kier alpha value is -1.72. The van der Waals surface area contributed by atoms with Crippen LogP contribution in [-0.2, 0) is 20.1 Å². The molecule has 22 heavy (non-hydrogen) atoms. The molecule has 5 nitrogen and oxygen atoms in total. The highest BCUT2D eigenvalue weighted by atomic mass is 15.3. The van der Waals surface area contributed by atoms with Gasteiger partial charge in [0.1, 0.15) is 0 Å². The van der Waals surface area contributed by atoms with E-state index in [0.717, 1.165) is 38.6 Å². The molecule has 0 radical (unpaired) electrons. The van der Waals surface area contributed by atoms with Crippen LogP contribution in [0.15, 0.2) is 30.7 Å². The van der Waals surface area contributed by atoms with E-state index >= 15 is 0 Å². The van der Waals surface area contributed by atoms with Crippen LogP contribution in [0.1, 0.15) is 23.2 Å². The van der Waals surface area contributed by atoms with Crippen LogP contribution in [-0.4, -0.2) is 39.3 Å². The van der Waals surface area contributed by atoms with E-state index in [-0.39, 0.29) is 0 Å². The zero-order valence-corrected chi connectivity index (χ0v) is 13.5. The highest BCUT2D eigenvalue weighted by molar-refractivity contribution is 5.16. The molecule has 1 aliphatic heterocycles. The van der Waals surface area contributed by atoms with E-state index in [1.54, 1.807) is 0 Å². The minimum Gasteiger partial charge on any atom is -0.316 e. The molecule has 3 rings (SSSR count). The molecule has 1 atom stereocenters. The van der Waals surface area contributed by atoms with Crippen LogP contribution in [0.5, 0.6) is 0 Å². The van der Waals surface area contributed by atoms with Crippen LogP contribution in [0.2, 0.25) is 0 Å². The summed E-state index contributed by atoms with van der Waals surface area (Å²) in [6.45, 7) is 7.44. The minimum atomic E-state index is 0.744. The zero-order chi connectivity index (χ0) is 15.4. The number of nitrogens with zero attached hydrogens (tertiary/aromatic N) is 4. The van der Waals surface area contributed by atoms with Gasteiger partial charge in [-0.2, -0.15) is 5.10 Å². The summed E-state index contributed by atoms with van der Waals surface area (Å²) in [6.07, 6.45) is 7.07. The average molecular weight is 299 g/mol. The molecule has 0 amide bonds. The maximum absolute atomic E-state index is 4.37. The molecule has 0 bridgehead atoms. The second-order valence-corrected chi connectivity index (χ2v) is 6.27. The summed E-state index contributed by atoms with van der Waals surface area (Å²) in [5.74, 6) is 0.744. The highest BCUT2D eigenvalue weighted by Gasteiger charge is 2.19. The summed E-state index contributed by atoms with van der Waals surface area (Å²) in [6, 6.07) is 4.17. The Kier molecular flexibility index (Phi) is 4.85. The van der Waals surface area contributed by atoms with Crippen LogP contribution in [0.4, 0.5) is 0 Å². The fourth-order valence-electron chi connectivity index (χ4n) is 3.11. The van der Waals surface area contributed by atoms with Crippen LogP contribution in [0.25, 0.3) is 0 Å². The molecule has 1 saturated heterocycles. The van der Waals surface area contributed by atoms with Gasteiger partial charge in [0, 0.05) is 50.3 Å². The lowest BCUT2D eigenvalue weighted by Gasteiger charge is -2.25. The molecule has 3 heterocycles. The maximum atomic E-state index is 4.37. The normalized spacial score (nSPS) is 18.2. The molecule has 0 spiro atoms. The fourth-order valence-corrected chi connectivity index (χ4v) is 3.11. The molecule has 5 heteroatoms. The zero-order valence-electron chi connectivity index (χ0n) is 13.5. The lowest BCUT2D eigenvalue weighted by atomic mass is 10.1. The first-order chi connectivity index (χ1) is 10.7. The van der Waals surface area contributed by atoms with E-state index < -0.39 is 0 Å². The van der Waals surface area contributed by atoms with Gasteiger partial charge in [-0.25, -0.2) is 0 Å². The second-order valence-electron chi connectivity index (χ2n) is 6.27. The molecule has 1 aliphatic rings. The van der Waals surface area contributed by atoms with Crippen molar-refractivity contribution in [3.63, 3.8) is 0 Å². The third kappa shape index (κ3) is 3.72. The number of hydrogen-bond donors (Lipinski definition) is 1. The van der Waals surface area contributed by atoms with Crippen molar-refractivity contribution < 1.29 is 0 Å². The Balaban J connectivity index is 1.71. The number of aryl methyl sites for hydroxylation is 1. The predicted molar refractivity (Wildman–Crippen MR) is 87.3 cm³/mol. The number of rotatable bonds is 6. The molecule has 0 aliphatic carbocycles.